The molecule has 0 saturated carbocycles. The van der Waals surface area contributed by atoms with Crippen molar-refractivity contribution in [2.75, 3.05) is 36.5 Å². The van der Waals surface area contributed by atoms with E-state index in [0.717, 1.165) is 37.4 Å². The Balaban J connectivity index is 1.42. The monoisotopic (exact) mass is 428 g/mol. The van der Waals surface area contributed by atoms with Crippen LogP contribution in [0.4, 0.5) is 11.4 Å². The number of piperazine rings is 1. The minimum atomic E-state index is -0.126. The molecular formula is C26H28N4O2. The summed E-state index contributed by atoms with van der Waals surface area (Å²) < 4.78 is 5.49. The van der Waals surface area contributed by atoms with Gasteiger partial charge in [-0.15, -0.1) is 0 Å². The van der Waals surface area contributed by atoms with E-state index in [1.807, 2.05) is 24.3 Å². The van der Waals surface area contributed by atoms with E-state index < -0.39 is 0 Å². The molecule has 2 aliphatic rings. The van der Waals surface area contributed by atoms with E-state index in [4.69, 9.17) is 4.74 Å². The number of anilines is 2. The number of para-hydroxylation sites is 1. The van der Waals surface area contributed by atoms with Gasteiger partial charge in [0.15, 0.2) is 0 Å². The molecule has 5 rings (SSSR count). The highest BCUT2D eigenvalue weighted by Gasteiger charge is 2.41. The zero-order chi connectivity index (χ0) is 21.9. The normalized spacial score (nSPS) is 19.7. The fourth-order valence-corrected chi connectivity index (χ4v) is 4.90. The number of carbonyl (C=O) groups is 1. The number of aromatic nitrogens is 1. The predicted molar refractivity (Wildman–Crippen MR) is 126 cm³/mol. The van der Waals surface area contributed by atoms with Crippen LogP contribution in [0.25, 0.3) is 0 Å². The molecule has 0 unspecified atom stereocenters. The molecule has 3 aromatic rings. The number of ether oxygens (including phenoxy) is 1. The number of carbonyl (C=O) groups excluding carboxylic acids is 1. The average Bonchev–Trinajstić information content (AvgIpc) is 2.87. The Morgan fingerprint density at radius 1 is 1.12 bits per heavy atom. The lowest BCUT2D eigenvalue weighted by atomic mass is 9.83. The van der Waals surface area contributed by atoms with E-state index in [0.29, 0.717) is 6.54 Å². The molecule has 1 amide bonds. The lowest BCUT2D eigenvalue weighted by Crippen LogP contribution is -2.61. The summed E-state index contributed by atoms with van der Waals surface area (Å²) in [5.74, 6) is 0.826. The number of benzene rings is 2. The van der Waals surface area contributed by atoms with Gasteiger partial charge in [0, 0.05) is 56.0 Å². The topological polar surface area (TPSA) is 57.7 Å². The van der Waals surface area contributed by atoms with E-state index in [9.17, 15) is 4.79 Å². The number of methoxy groups -OCH3 is 1. The van der Waals surface area contributed by atoms with Gasteiger partial charge in [-0.2, -0.15) is 0 Å². The Labute approximate surface area is 188 Å². The summed E-state index contributed by atoms with van der Waals surface area (Å²) in [7, 11) is 1.70. The van der Waals surface area contributed by atoms with Gasteiger partial charge < -0.3 is 19.9 Å². The zero-order valence-corrected chi connectivity index (χ0v) is 18.3. The third-order valence-corrected chi connectivity index (χ3v) is 6.57. The molecule has 1 N–H and O–H groups in total. The minimum Gasteiger partial charge on any atom is -0.497 e. The molecule has 164 valence electrons. The van der Waals surface area contributed by atoms with Gasteiger partial charge in [0.2, 0.25) is 5.91 Å². The average molecular weight is 429 g/mol. The summed E-state index contributed by atoms with van der Waals surface area (Å²) in [6, 6.07) is 20.7. The van der Waals surface area contributed by atoms with Gasteiger partial charge in [-0.25, -0.2) is 0 Å². The molecule has 6 nitrogen and oxygen atoms in total. The number of amides is 1. The Bertz CT molecular complexity index is 1070. The van der Waals surface area contributed by atoms with Crippen LogP contribution in [-0.2, 0) is 17.8 Å². The van der Waals surface area contributed by atoms with Crippen LogP contribution in [0.1, 0.15) is 11.1 Å². The molecule has 0 radical (unpaired) electrons. The first-order valence-electron chi connectivity index (χ1n) is 11.1. The van der Waals surface area contributed by atoms with Crippen LogP contribution in [-0.4, -0.2) is 43.7 Å². The number of nitrogens with one attached hydrogen (secondary N) is 1. The second kappa shape index (κ2) is 8.91. The van der Waals surface area contributed by atoms with Crippen LogP contribution in [0.5, 0.6) is 5.75 Å². The van der Waals surface area contributed by atoms with Crippen molar-refractivity contribution in [3.63, 3.8) is 0 Å². The highest BCUT2D eigenvalue weighted by atomic mass is 16.5. The molecule has 2 aliphatic heterocycles. The van der Waals surface area contributed by atoms with E-state index >= 15 is 0 Å². The van der Waals surface area contributed by atoms with Crippen molar-refractivity contribution >= 4 is 17.3 Å². The summed E-state index contributed by atoms with van der Waals surface area (Å²) in [5, 5.41) is 3.16. The Kier molecular flexibility index (Phi) is 5.67. The van der Waals surface area contributed by atoms with Gasteiger partial charge >= 0.3 is 0 Å². The summed E-state index contributed by atoms with van der Waals surface area (Å²) in [6.07, 6.45) is 4.27. The van der Waals surface area contributed by atoms with Crippen molar-refractivity contribution in [2.45, 2.75) is 19.0 Å². The SMILES string of the molecule is COc1ccc2c(c1)N1CCN(c3ccccc3)C[C@@H]1[C@H](C(=O)NCc1cccnc1)C2. The molecule has 0 bridgehead atoms. The Morgan fingerprint density at radius 3 is 2.78 bits per heavy atom. The molecule has 1 aromatic heterocycles. The largest absolute Gasteiger partial charge is 0.497 e. The number of fused-ring (bicyclic) bond motifs is 3. The van der Waals surface area contributed by atoms with E-state index in [2.05, 4.69) is 56.5 Å². The minimum absolute atomic E-state index is 0.0949. The Morgan fingerprint density at radius 2 is 2.00 bits per heavy atom. The summed E-state index contributed by atoms with van der Waals surface area (Å²) in [6.45, 7) is 3.09. The molecule has 32 heavy (non-hydrogen) atoms. The smallest absolute Gasteiger partial charge is 0.225 e. The molecule has 3 heterocycles. The molecular weight excluding hydrogens is 400 g/mol. The highest BCUT2D eigenvalue weighted by Crippen LogP contribution is 2.38. The number of nitrogens with zero attached hydrogens (tertiary/aromatic N) is 3. The molecule has 2 aromatic carbocycles. The summed E-state index contributed by atoms with van der Waals surface area (Å²) in [5.41, 5.74) is 4.61. The number of pyridine rings is 1. The first-order valence-corrected chi connectivity index (χ1v) is 11.1. The van der Waals surface area contributed by atoms with Gasteiger partial charge in [0.05, 0.1) is 19.1 Å². The number of hydrogen-bond acceptors (Lipinski definition) is 5. The van der Waals surface area contributed by atoms with Crippen molar-refractivity contribution < 1.29 is 9.53 Å². The maximum Gasteiger partial charge on any atom is 0.225 e. The zero-order valence-electron chi connectivity index (χ0n) is 18.3. The van der Waals surface area contributed by atoms with Crippen molar-refractivity contribution in [1.29, 1.82) is 0 Å². The molecule has 1 fully saturated rings. The second-order valence-corrected chi connectivity index (χ2v) is 8.43. The maximum atomic E-state index is 13.4. The lowest BCUT2D eigenvalue weighted by Gasteiger charge is -2.49. The fourth-order valence-electron chi connectivity index (χ4n) is 4.90. The molecule has 2 atom stereocenters. The van der Waals surface area contributed by atoms with Crippen LogP contribution in [0.15, 0.2) is 73.1 Å². The Hall–Kier alpha value is -3.54. The van der Waals surface area contributed by atoms with Gasteiger partial charge in [-0.1, -0.05) is 30.3 Å². The van der Waals surface area contributed by atoms with Crippen LogP contribution in [0.3, 0.4) is 0 Å². The van der Waals surface area contributed by atoms with Crippen LogP contribution in [0.2, 0.25) is 0 Å². The third-order valence-electron chi connectivity index (χ3n) is 6.57. The summed E-state index contributed by atoms with van der Waals surface area (Å²) >= 11 is 0. The molecule has 6 heteroatoms. The van der Waals surface area contributed by atoms with Crippen molar-refractivity contribution in [2.24, 2.45) is 5.92 Å². The first-order chi connectivity index (χ1) is 15.7. The van der Waals surface area contributed by atoms with Gasteiger partial charge in [-0.3, -0.25) is 9.78 Å². The van der Waals surface area contributed by atoms with Crippen LogP contribution < -0.4 is 19.9 Å². The van der Waals surface area contributed by atoms with Crippen molar-refractivity contribution in [1.82, 2.24) is 10.3 Å². The van der Waals surface area contributed by atoms with E-state index in [1.54, 1.807) is 19.5 Å². The highest BCUT2D eigenvalue weighted by molar-refractivity contribution is 5.82. The van der Waals surface area contributed by atoms with Gasteiger partial charge in [-0.05, 0) is 41.8 Å². The lowest BCUT2D eigenvalue weighted by molar-refractivity contribution is -0.126. The molecule has 0 aliphatic carbocycles. The van der Waals surface area contributed by atoms with Crippen molar-refractivity contribution in [3.8, 4) is 5.75 Å². The number of hydrogen-bond donors (Lipinski definition) is 1. The van der Waals surface area contributed by atoms with Crippen molar-refractivity contribution in [3.05, 3.63) is 84.2 Å². The molecule has 1 saturated heterocycles. The maximum absolute atomic E-state index is 13.4. The van der Waals surface area contributed by atoms with E-state index in [1.165, 1.54) is 16.9 Å². The fraction of sp³-hybridized carbons (Fsp3) is 0.308. The van der Waals surface area contributed by atoms with Gasteiger partial charge in [0.1, 0.15) is 5.75 Å². The van der Waals surface area contributed by atoms with Crippen LogP contribution >= 0.6 is 0 Å². The second-order valence-electron chi connectivity index (χ2n) is 8.43. The third kappa shape index (κ3) is 4.00. The van der Waals surface area contributed by atoms with E-state index in [-0.39, 0.29) is 17.9 Å². The number of rotatable bonds is 5. The first kappa shape index (κ1) is 20.4. The van der Waals surface area contributed by atoms with Crippen LogP contribution in [0, 0.1) is 5.92 Å². The molecule has 0 spiro atoms. The quantitative estimate of drug-likeness (QED) is 0.676. The van der Waals surface area contributed by atoms with Gasteiger partial charge in [0.25, 0.3) is 0 Å². The summed E-state index contributed by atoms with van der Waals surface area (Å²) in [4.78, 5) is 22.4. The standard InChI is InChI=1S/C26H28N4O2/c1-32-22-10-9-20-14-23(26(31)28-17-19-6-5-11-27-16-19)25-18-29(21-7-3-2-4-8-21)12-13-30(25)24(20)15-22/h2-11,15-16,23,25H,12-14,17-18H2,1H3,(H,28,31)/t23-,25-/m1/s1. The predicted octanol–water partition coefficient (Wildman–Crippen LogP) is 3.27.